The lowest BCUT2D eigenvalue weighted by Gasteiger charge is -2.08. The van der Waals surface area contributed by atoms with E-state index in [1.54, 1.807) is 6.07 Å². The van der Waals surface area contributed by atoms with Gasteiger partial charge in [0.15, 0.2) is 5.82 Å². The quantitative estimate of drug-likeness (QED) is 0.743. The maximum Gasteiger partial charge on any atom is 0.363 e. The minimum atomic E-state index is -1.02. The summed E-state index contributed by atoms with van der Waals surface area (Å²) in [6, 6.07) is 4.65. The van der Waals surface area contributed by atoms with Crippen LogP contribution >= 0.6 is 0 Å². The van der Waals surface area contributed by atoms with Crippen LogP contribution in [0.15, 0.2) is 29.2 Å². The minimum Gasteiger partial charge on any atom is -0.478 e. The van der Waals surface area contributed by atoms with Gasteiger partial charge in [-0.2, -0.15) is 10.1 Å². The molecule has 0 unspecified atom stereocenters. The minimum absolute atomic E-state index is 0.154. The first-order chi connectivity index (χ1) is 8.56. The lowest BCUT2D eigenvalue weighted by atomic mass is 10.1. The second-order valence-electron chi connectivity index (χ2n) is 3.63. The zero-order valence-electron chi connectivity index (χ0n) is 9.47. The summed E-state index contributed by atoms with van der Waals surface area (Å²) >= 11 is 0. The number of aromatic amines is 1. The molecule has 0 aliphatic heterocycles. The molecule has 18 heavy (non-hydrogen) atoms. The van der Waals surface area contributed by atoms with Gasteiger partial charge in [-0.15, -0.1) is 0 Å². The Morgan fingerprint density at radius 2 is 2.22 bits per heavy atom. The maximum atomic E-state index is 11.0. The lowest BCUT2D eigenvalue weighted by molar-refractivity contribution is 0.0697. The summed E-state index contributed by atoms with van der Waals surface area (Å²) in [4.78, 5) is 25.5. The van der Waals surface area contributed by atoms with E-state index in [0.717, 1.165) is 5.56 Å². The molecule has 0 aliphatic rings. The Morgan fingerprint density at radius 1 is 1.44 bits per heavy atom. The van der Waals surface area contributed by atoms with E-state index >= 15 is 0 Å². The Hall–Kier alpha value is -2.70. The van der Waals surface area contributed by atoms with Gasteiger partial charge in [0, 0.05) is 5.69 Å². The molecule has 0 bridgehead atoms. The van der Waals surface area contributed by atoms with Gasteiger partial charge in [0.2, 0.25) is 0 Å². The third kappa shape index (κ3) is 2.51. The van der Waals surface area contributed by atoms with Gasteiger partial charge in [-0.25, -0.2) is 14.7 Å². The zero-order valence-corrected chi connectivity index (χ0v) is 9.47. The van der Waals surface area contributed by atoms with Gasteiger partial charge >= 0.3 is 11.7 Å². The SMILES string of the molecule is Cc1ccc(C(=O)O)cc1Nc1cn[nH]c(=O)n1. The second kappa shape index (κ2) is 4.66. The van der Waals surface area contributed by atoms with E-state index in [1.807, 2.05) is 6.92 Å². The summed E-state index contributed by atoms with van der Waals surface area (Å²) in [5, 5.41) is 17.5. The summed E-state index contributed by atoms with van der Waals surface area (Å²) < 4.78 is 0. The van der Waals surface area contributed by atoms with Crippen LogP contribution in [0.5, 0.6) is 0 Å². The molecule has 0 spiro atoms. The number of H-pyrrole nitrogens is 1. The van der Waals surface area contributed by atoms with Gasteiger partial charge in [0.1, 0.15) is 0 Å². The molecule has 0 saturated carbocycles. The summed E-state index contributed by atoms with van der Waals surface area (Å²) in [6.45, 7) is 1.81. The molecule has 0 radical (unpaired) electrons. The smallest absolute Gasteiger partial charge is 0.363 e. The summed E-state index contributed by atoms with van der Waals surface area (Å²) in [6.07, 6.45) is 1.34. The highest BCUT2D eigenvalue weighted by Gasteiger charge is 2.07. The van der Waals surface area contributed by atoms with Crippen molar-refractivity contribution in [2.24, 2.45) is 0 Å². The van der Waals surface area contributed by atoms with Crippen LogP contribution in [0.1, 0.15) is 15.9 Å². The molecule has 1 aromatic carbocycles. The Balaban J connectivity index is 2.36. The first-order valence-corrected chi connectivity index (χ1v) is 5.09. The molecule has 2 aromatic rings. The fraction of sp³-hybridized carbons (Fsp3) is 0.0909. The van der Waals surface area contributed by atoms with Crippen LogP contribution in [0.3, 0.4) is 0 Å². The molecule has 7 nitrogen and oxygen atoms in total. The van der Waals surface area contributed by atoms with Crippen molar-refractivity contribution < 1.29 is 9.90 Å². The number of aryl methyl sites for hydroxylation is 1. The molecular weight excluding hydrogens is 236 g/mol. The number of carboxylic acids is 1. The van der Waals surface area contributed by atoms with Gasteiger partial charge < -0.3 is 10.4 Å². The van der Waals surface area contributed by atoms with Crippen LogP contribution in [0, 0.1) is 6.92 Å². The van der Waals surface area contributed by atoms with Gasteiger partial charge in [-0.05, 0) is 24.6 Å². The Morgan fingerprint density at radius 3 is 2.89 bits per heavy atom. The Labute approximate surface area is 102 Å². The molecule has 3 N–H and O–H groups in total. The molecule has 2 rings (SSSR count). The molecule has 0 aliphatic carbocycles. The highest BCUT2D eigenvalue weighted by atomic mass is 16.4. The number of aromatic carboxylic acids is 1. The third-order valence-electron chi connectivity index (χ3n) is 2.32. The number of rotatable bonds is 3. The average Bonchev–Trinajstić information content (AvgIpc) is 2.31. The fourth-order valence-electron chi connectivity index (χ4n) is 1.40. The fourth-order valence-corrected chi connectivity index (χ4v) is 1.40. The number of carboxylic acid groups (broad SMARTS) is 1. The molecule has 7 heteroatoms. The van der Waals surface area contributed by atoms with E-state index in [9.17, 15) is 9.59 Å². The van der Waals surface area contributed by atoms with Crippen LogP contribution in [0.25, 0.3) is 0 Å². The number of nitrogens with one attached hydrogen (secondary N) is 2. The molecule has 92 valence electrons. The van der Waals surface area contributed by atoms with Gasteiger partial charge in [-0.3, -0.25) is 0 Å². The number of hydrogen-bond acceptors (Lipinski definition) is 5. The van der Waals surface area contributed by atoms with E-state index in [1.165, 1.54) is 18.3 Å². The summed E-state index contributed by atoms with van der Waals surface area (Å²) in [5.41, 5.74) is 0.977. The highest BCUT2D eigenvalue weighted by Crippen LogP contribution is 2.19. The van der Waals surface area contributed by atoms with Gasteiger partial charge in [0.25, 0.3) is 0 Å². The predicted molar refractivity (Wildman–Crippen MR) is 64.1 cm³/mol. The molecule has 0 saturated heterocycles. The Kier molecular flexibility index (Phi) is 3.05. The van der Waals surface area contributed by atoms with Crippen molar-refractivity contribution in [3.63, 3.8) is 0 Å². The summed E-state index contributed by atoms with van der Waals surface area (Å²) in [7, 11) is 0. The maximum absolute atomic E-state index is 11.0. The van der Waals surface area contributed by atoms with E-state index in [-0.39, 0.29) is 11.4 Å². The van der Waals surface area contributed by atoms with E-state index in [4.69, 9.17) is 5.11 Å². The second-order valence-corrected chi connectivity index (χ2v) is 3.63. The van der Waals surface area contributed by atoms with Gasteiger partial charge in [0.05, 0.1) is 11.8 Å². The van der Waals surface area contributed by atoms with Gasteiger partial charge in [-0.1, -0.05) is 6.07 Å². The first kappa shape index (κ1) is 11.8. The third-order valence-corrected chi connectivity index (χ3v) is 2.32. The molecule has 1 aromatic heterocycles. The number of anilines is 2. The molecular formula is C11H10N4O3. The zero-order chi connectivity index (χ0) is 13.1. The largest absolute Gasteiger partial charge is 0.478 e. The van der Waals surface area contributed by atoms with E-state index in [2.05, 4.69) is 20.5 Å². The van der Waals surface area contributed by atoms with Crippen molar-refractivity contribution in [2.75, 3.05) is 5.32 Å². The molecule has 0 amide bonds. The topological polar surface area (TPSA) is 108 Å². The number of benzene rings is 1. The van der Waals surface area contributed by atoms with Crippen LogP contribution in [-0.2, 0) is 0 Å². The highest BCUT2D eigenvalue weighted by molar-refractivity contribution is 5.89. The van der Waals surface area contributed by atoms with Crippen molar-refractivity contribution in [1.82, 2.24) is 15.2 Å². The Bertz CT molecular complexity index is 651. The standard InChI is InChI=1S/C11H10N4O3/c1-6-2-3-7(10(16)17)4-8(6)13-9-5-12-15-11(18)14-9/h2-5H,1H3,(H,16,17)(H2,13,14,15,18). The summed E-state index contributed by atoms with van der Waals surface area (Å²) in [5.74, 6) is -0.764. The first-order valence-electron chi connectivity index (χ1n) is 5.09. The average molecular weight is 246 g/mol. The van der Waals surface area contributed by atoms with Crippen molar-refractivity contribution in [2.45, 2.75) is 6.92 Å². The van der Waals surface area contributed by atoms with E-state index < -0.39 is 11.7 Å². The van der Waals surface area contributed by atoms with Crippen molar-refractivity contribution in [3.8, 4) is 0 Å². The molecule has 1 heterocycles. The van der Waals surface area contributed by atoms with Crippen molar-refractivity contribution >= 4 is 17.5 Å². The number of aromatic nitrogens is 3. The van der Waals surface area contributed by atoms with Crippen molar-refractivity contribution in [3.05, 3.63) is 46.0 Å². The monoisotopic (exact) mass is 246 g/mol. The lowest BCUT2D eigenvalue weighted by Crippen LogP contribution is -2.13. The van der Waals surface area contributed by atoms with Crippen LogP contribution in [-0.4, -0.2) is 26.3 Å². The number of hydrogen-bond donors (Lipinski definition) is 3. The number of nitrogens with zero attached hydrogens (tertiary/aromatic N) is 2. The van der Waals surface area contributed by atoms with E-state index in [0.29, 0.717) is 5.69 Å². The predicted octanol–water partition coefficient (Wildman–Crippen LogP) is 0.915. The number of carbonyl (C=O) groups is 1. The van der Waals surface area contributed by atoms with Crippen LogP contribution in [0.4, 0.5) is 11.5 Å². The van der Waals surface area contributed by atoms with Crippen molar-refractivity contribution in [1.29, 1.82) is 0 Å². The molecule has 0 atom stereocenters. The van der Waals surface area contributed by atoms with Crippen LogP contribution < -0.4 is 11.0 Å². The normalized spacial score (nSPS) is 10.1. The molecule has 0 fully saturated rings. The van der Waals surface area contributed by atoms with Crippen LogP contribution in [0.2, 0.25) is 0 Å².